The first-order valence-corrected chi connectivity index (χ1v) is 15.3. The maximum absolute atomic E-state index is 13.4. The molecule has 2 heterocycles. The van der Waals surface area contributed by atoms with Gasteiger partial charge in [0.15, 0.2) is 6.04 Å². The summed E-state index contributed by atoms with van der Waals surface area (Å²) >= 11 is 1.18. The van der Waals surface area contributed by atoms with Gasteiger partial charge in [-0.1, -0.05) is 48.5 Å². The van der Waals surface area contributed by atoms with Gasteiger partial charge in [-0.15, -0.1) is 11.8 Å². The second-order valence-electron chi connectivity index (χ2n) is 10.6. The number of non-ortho nitro benzene ring substituents is 1. The third-order valence-corrected chi connectivity index (χ3v) is 8.60. The van der Waals surface area contributed by atoms with Crippen molar-refractivity contribution in [1.29, 1.82) is 0 Å². The molecular formula is C33H29N3O10S. The number of nitrogens with one attached hydrogen (secondary N) is 1. The Labute approximate surface area is 273 Å². The van der Waals surface area contributed by atoms with Gasteiger partial charge in [-0.2, -0.15) is 0 Å². The predicted molar refractivity (Wildman–Crippen MR) is 167 cm³/mol. The number of thioether (sulfide) groups is 1. The van der Waals surface area contributed by atoms with Gasteiger partial charge in [-0.3, -0.25) is 24.5 Å². The van der Waals surface area contributed by atoms with Crippen molar-refractivity contribution in [2.75, 3.05) is 6.61 Å². The number of carbonyl (C=O) groups excluding carboxylic acids is 5. The predicted octanol–water partition coefficient (Wildman–Crippen LogP) is 3.45. The van der Waals surface area contributed by atoms with Crippen LogP contribution in [0.2, 0.25) is 0 Å². The molecule has 0 spiro atoms. The first-order valence-electron chi connectivity index (χ1n) is 14.4. The molecule has 47 heavy (non-hydrogen) atoms. The molecule has 1 saturated heterocycles. The second-order valence-corrected chi connectivity index (χ2v) is 11.6. The molecule has 2 aliphatic heterocycles. The number of hydrogen-bond acceptors (Lipinski definition) is 11. The molecule has 1 fully saturated rings. The number of nitrogens with zero attached hydrogens (tertiary/aromatic N) is 2. The average molecular weight is 660 g/mol. The van der Waals surface area contributed by atoms with E-state index in [-0.39, 0.29) is 37.5 Å². The van der Waals surface area contributed by atoms with Crippen LogP contribution < -0.4 is 5.32 Å². The number of esters is 3. The van der Waals surface area contributed by atoms with E-state index in [2.05, 4.69) is 5.32 Å². The first-order chi connectivity index (χ1) is 22.6. The van der Waals surface area contributed by atoms with Crippen LogP contribution in [-0.4, -0.2) is 63.6 Å². The summed E-state index contributed by atoms with van der Waals surface area (Å²) in [5.74, 6) is -3.03. The lowest BCUT2D eigenvalue weighted by molar-refractivity contribution is -0.384. The molecule has 2 aliphatic rings. The van der Waals surface area contributed by atoms with E-state index < -0.39 is 52.1 Å². The molecule has 0 aliphatic carbocycles. The van der Waals surface area contributed by atoms with Crippen molar-refractivity contribution in [3.63, 3.8) is 0 Å². The van der Waals surface area contributed by atoms with Gasteiger partial charge >= 0.3 is 17.9 Å². The zero-order valence-corrected chi connectivity index (χ0v) is 25.8. The highest BCUT2D eigenvalue weighted by Gasteiger charge is 2.56. The van der Waals surface area contributed by atoms with Crippen LogP contribution in [0.4, 0.5) is 5.69 Å². The molecule has 0 radical (unpaired) electrons. The maximum Gasteiger partial charge on any atom is 0.338 e. The minimum atomic E-state index is -1.22. The van der Waals surface area contributed by atoms with Crippen molar-refractivity contribution in [2.24, 2.45) is 0 Å². The Balaban J connectivity index is 1.23. The molecule has 3 atom stereocenters. The van der Waals surface area contributed by atoms with Gasteiger partial charge in [-0.05, 0) is 40.3 Å². The molecule has 242 valence electrons. The number of ether oxygens (including phenoxy) is 3. The van der Waals surface area contributed by atoms with Crippen LogP contribution in [0.25, 0.3) is 0 Å². The van der Waals surface area contributed by atoms with E-state index in [4.69, 9.17) is 14.2 Å². The van der Waals surface area contributed by atoms with Gasteiger partial charge < -0.3 is 24.4 Å². The van der Waals surface area contributed by atoms with Gasteiger partial charge in [0.05, 0.1) is 16.9 Å². The minimum Gasteiger partial charge on any atom is -0.461 e. The van der Waals surface area contributed by atoms with E-state index in [1.165, 1.54) is 47.9 Å². The standard InChI is InChI=1S/C33H29N3O10S/c1-20(37)44-18-24-19-47-31-28(30(39)35(31)29(24)33(41)46-17-22-11-13-25(14-12-22)36(42)43)34-27(38)15-23-9-5-6-10-26(23)32(40)45-16-21-7-3-2-4-8-21/h2-14,19,28-29,31H,15-18H2,1H3,(H,34,38)/t28?,29?,31-/m1/s1. The largest absolute Gasteiger partial charge is 0.461 e. The van der Waals surface area contributed by atoms with Crippen molar-refractivity contribution in [1.82, 2.24) is 10.2 Å². The summed E-state index contributed by atoms with van der Waals surface area (Å²) in [5.41, 5.74) is 2.13. The summed E-state index contributed by atoms with van der Waals surface area (Å²) < 4.78 is 16.0. The fourth-order valence-corrected chi connectivity index (χ4v) is 6.23. The van der Waals surface area contributed by atoms with E-state index in [0.29, 0.717) is 16.7 Å². The highest BCUT2D eigenvalue weighted by Crippen LogP contribution is 2.40. The molecule has 0 aromatic heterocycles. The summed E-state index contributed by atoms with van der Waals surface area (Å²) in [6, 6.07) is 19.0. The number of benzene rings is 3. The van der Waals surface area contributed by atoms with E-state index >= 15 is 0 Å². The summed E-state index contributed by atoms with van der Waals surface area (Å²) in [7, 11) is 0. The highest BCUT2D eigenvalue weighted by molar-refractivity contribution is 8.03. The number of β-lactam (4-membered cyclic amide) rings is 1. The maximum atomic E-state index is 13.4. The van der Waals surface area contributed by atoms with E-state index in [0.717, 1.165) is 5.56 Å². The zero-order chi connectivity index (χ0) is 33.5. The summed E-state index contributed by atoms with van der Waals surface area (Å²) in [6.07, 6.45) is -0.202. The Morgan fingerprint density at radius 1 is 0.872 bits per heavy atom. The molecule has 3 aromatic rings. The van der Waals surface area contributed by atoms with Crippen molar-refractivity contribution in [2.45, 2.75) is 44.0 Å². The molecule has 5 rings (SSSR count). The SMILES string of the molecule is CC(=O)OCC1=CS[C@@H]2C(NC(=O)Cc3ccccc3C(=O)OCc3ccccc3)C(=O)N2C1C(=O)OCc1ccc([N+](=O)[O-])cc1. The molecule has 2 amide bonds. The number of nitro groups is 1. The van der Waals surface area contributed by atoms with E-state index in [1.807, 2.05) is 30.3 Å². The van der Waals surface area contributed by atoms with Crippen LogP contribution in [0.15, 0.2) is 89.8 Å². The van der Waals surface area contributed by atoms with Crippen molar-refractivity contribution in [3.8, 4) is 0 Å². The van der Waals surface area contributed by atoms with Crippen molar-refractivity contribution in [3.05, 3.63) is 122 Å². The Bertz CT molecular complexity index is 1730. The van der Waals surface area contributed by atoms with E-state index in [9.17, 15) is 34.1 Å². The summed E-state index contributed by atoms with van der Waals surface area (Å²) in [6.45, 7) is 0.796. The number of rotatable bonds is 12. The number of nitro benzene ring substituents is 1. The number of hydrogen-bond donors (Lipinski definition) is 1. The fourth-order valence-electron chi connectivity index (χ4n) is 5.02. The second kappa shape index (κ2) is 14.7. The number of carbonyl (C=O) groups is 5. The average Bonchev–Trinajstić information content (AvgIpc) is 3.07. The van der Waals surface area contributed by atoms with Crippen LogP contribution in [0, 0.1) is 10.1 Å². The highest BCUT2D eigenvalue weighted by atomic mass is 32.2. The lowest BCUT2D eigenvalue weighted by Crippen LogP contribution is -2.74. The molecule has 0 saturated carbocycles. The van der Waals surface area contributed by atoms with Gasteiger partial charge in [0.25, 0.3) is 5.69 Å². The van der Waals surface area contributed by atoms with Gasteiger partial charge in [0, 0.05) is 24.6 Å². The zero-order valence-electron chi connectivity index (χ0n) is 25.0. The molecule has 14 heteroatoms. The Morgan fingerprint density at radius 3 is 2.23 bits per heavy atom. The van der Waals surface area contributed by atoms with Crippen molar-refractivity contribution >= 4 is 47.2 Å². The summed E-state index contributed by atoms with van der Waals surface area (Å²) in [5, 5.41) is 14.6. The lowest BCUT2D eigenvalue weighted by atomic mass is 9.97. The van der Waals surface area contributed by atoms with Gasteiger partial charge in [0.2, 0.25) is 11.8 Å². The quantitative estimate of drug-likeness (QED) is 0.0993. The van der Waals surface area contributed by atoms with Crippen LogP contribution in [-0.2, 0) is 53.0 Å². The number of fused-ring (bicyclic) bond motifs is 1. The van der Waals surface area contributed by atoms with Crippen LogP contribution in [0.1, 0.15) is 34.0 Å². The Kier molecular flexibility index (Phi) is 10.3. The molecule has 2 unspecified atom stereocenters. The van der Waals surface area contributed by atoms with Crippen molar-refractivity contribution < 1.29 is 43.1 Å². The Hall–Kier alpha value is -5.50. The molecule has 3 aromatic carbocycles. The smallest absolute Gasteiger partial charge is 0.338 e. The van der Waals surface area contributed by atoms with Gasteiger partial charge in [0.1, 0.15) is 31.2 Å². The van der Waals surface area contributed by atoms with Crippen LogP contribution in [0.3, 0.4) is 0 Å². The minimum absolute atomic E-state index is 0.0654. The Morgan fingerprint density at radius 2 is 1.53 bits per heavy atom. The topological polar surface area (TPSA) is 171 Å². The third-order valence-electron chi connectivity index (χ3n) is 7.38. The molecular weight excluding hydrogens is 630 g/mol. The number of amides is 2. The molecule has 0 bridgehead atoms. The van der Waals surface area contributed by atoms with E-state index in [1.54, 1.807) is 29.7 Å². The van der Waals surface area contributed by atoms with Gasteiger partial charge in [-0.25, -0.2) is 9.59 Å². The summed E-state index contributed by atoms with van der Waals surface area (Å²) in [4.78, 5) is 75.8. The van der Waals surface area contributed by atoms with Crippen LogP contribution >= 0.6 is 11.8 Å². The third kappa shape index (κ3) is 7.84. The van der Waals surface area contributed by atoms with Crippen LogP contribution in [0.5, 0.6) is 0 Å². The first kappa shape index (κ1) is 32.9. The fraction of sp³-hybridized carbons (Fsp3) is 0.242. The lowest BCUT2D eigenvalue weighted by Gasteiger charge is -2.51. The molecule has 1 N–H and O–H groups in total. The molecule has 13 nitrogen and oxygen atoms in total. The normalized spacial score (nSPS) is 18.1. The monoisotopic (exact) mass is 659 g/mol.